The molecule has 0 atom stereocenters. The van der Waals surface area contributed by atoms with Crippen LogP contribution in [-0.2, 0) is 16.1 Å². The van der Waals surface area contributed by atoms with Crippen molar-refractivity contribution in [1.29, 1.82) is 0 Å². The molecule has 0 saturated heterocycles. The van der Waals surface area contributed by atoms with Gasteiger partial charge in [-0.2, -0.15) is 0 Å². The van der Waals surface area contributed by atoms with Gasteiger partial charge in [0.15, 0.2) is 5.69 Å². The van der Waals surface area contributed by atoms with Crippen molar-refractivity contribution in [2.75, 3.05) is 7.11 Å². The zero-order valence-electron chi connectivity index (χ0n) is 10.3. The number of hydrogen-bond donors (Lipinski definition) is 0. The summed E-state index contributed by atoms with van der Waals surface area (Å²) < 4.78 is 14.7. The van der Waals surface area contributed by atoms with Gasteiger partial charge in [-0.15, -0.1) is 11.3 Å². The van der Waals surface area contributed by atoms with Crippen molar-refractivity contribution in [2.24, 2.45) is 0 Å². The van der Waals surface area contributed by atoms with E-state index in [0.29, 0.717) is 5.76 Å². The van der Waals surface area contributed by atoms with Crippen LogP contribution >= 0.6 is 11.3 Å². The zero-order chi connectivity index (χ0) is 13.8. The zero-order valence-corrected chi connectivity index (χ0v) is 11.2. The molecule has 100 valence electrons. The number of ether oxygens (including phenoxy) is 2. The van der Waals surface area contributed by atoms with Crippen molar-refractivity contribution >= 4 is 23.3 Å². The van der Waals surface area contributed by atoms with Gasteiger partial charge in [-0.1, -0.05) is 0 Å². The van der Waals surface area contributed by atoms with Gasteiger partial charge in [0, 0.05) is 5.38 Å². The van der Waals surface area contributed by atoms with Gasteiger partial charge < -0.3 is 13.9 Å². The Bertz CT molecular complexity index is 601. The van der Waals surface area contributed by atoms with Gasteiger partial charge >= 0.3 is 11.9 Å². The number of rotatable bonds is 4. The summed E-state index contributed by atoms with van der Waals surface area (Å²) in [4.78, 5) is 26.8. The summed E-state index contributed by atoms with van der Waals surface area (Å²) in [5, 5.41) is 2.41. The fraction of sp³-hybridized carbons (Fsp3) is 0.250. The molecule has 2 rings (SSSR count). The van der Waals surface area contributed by atoms with Crippen LogP contribution in [0.5, 0.6) is 0 Å². The molecule has 6 nitrogen and oxygen atoms in total. The average molecular weight is 281 g/mol. The minimum absolute atomic E-state index is 0.0631. The van der Waals surface area contributed by atoms with E-state index in [4.69, 9.17) is 9.15 Å². The minimum atomic E-state index is -0.576. The number of furan rings is 1. The first-order valence-electron chi connectivity index (χ1n) is 5.36. The van der Waals surface area contributed by atoms with Gasteiger partial charge in [-0.3, -0.25) is 0 Å². The molecular formula is C12H11NO5S. The highest BCUT2D eigenvalue weighted by molar-refractivity contribution is 7.09. The van der Waals surface area contributed by atoms with Crippen molar-refractivity contribution < 1.29 is 23.5 Å². The number of thiazole rings is 1. The first-order valence-corrected chi connectivity index (χ1v) is 6.24. The van der Waals surface area contributed by atoms with E-state index in [9.17, 15) is 9.59 Å². The van der Waals surface area contributed by atoms with Crippen molar-refractivity contribution in [1.82, 2.24) is 4.98 Å². The quantitative estimate of drug-likeness (QED) is 0.799. The lowest BCUT2D eigenvalue weighted by Crippen LogP contribution is -2.05. The predicted octanol–water partition coefficient (Wildman–Crippen LogP) is 2.19. The molecule has 0 amide bonds. The summed E-state index contributed by atoms with van der Waals surface area (Å²) >= 11 is 1.37. The molecule has 19 heavy (non-hydrogen) atoms. The number of carbonyl (C=O) groups excluding carboxylic acids is 2. The lowest BCUT2D eigenvalue weighted by Gasteiger charge is -1.99. The fourth-order valence-corrected chi connectivity index (χ4v) is 1.92. The molecule has 0 aliphatic carbocycles. The van der Waals surface area contributed by atoms with E-state index >= 15 is 0 Å². The van der Waals surface area contributed by atoms with E-state index in [0.717, 1.165) is 5.01 Å². The fourth-order valence-electron chi connectivity index (χ4n) is 1.33. The van der Waals surface area contributed by atoms with Crippen LogP contribution in [-0.4, -0.2) is 24.0 Å². The smallest absolute Gasteiger partial charge is 0.373 e. The first-order chi connectivity index (χ1) is 9.10. The van der Waals surface area contributed by atoms with Crippen LogP contribution in [0.1, 0.15) is 31.8 Å². The van der Waals surface area contributed by atoms with Crippen molar-refractivity contribution in [3.63, 3.8) is 0 Å². The number of aromatic nitrogens is 1. The second kappa shape index (κ2) is 5.66. The van der Waals surface area contributed by atoms with Crippen LogP contribution in [0.2, 0.25) is 0 Å². The highest BCUT2D eigenvalue weighted by atomic mass is 32.1. The molecule has 0 aliphatic heterocycles. The maximum atomic E-state index is 11.6. The first kappa shape index (κ1) is 13.3. The van der Waals surface area contributed by atoms with Crippen LogP contribution < -0.4 is 0 Å². The maximum Gasteiger partial charge on any atom is 0.373 e. The molecule has 2 aromatic heterocycles. The lowest BCUT2D eigenvalue weighted by atomic mass is 10.4. The summed E-state index contributed by atoms with van der Waals surface area (Å²) in [6, 6.07) is 3.01. The molecule has 2 heterocycles. The Labute approximate surface area is 113 Å². The Hall–Kier alpha value is -2.15. The highest BCUT2D eigenvalue weighted by Crippen LogP contribution is 2.13. The van der Waals surface area contributed by atoms with Crippen molar-refractivity contribution in [2.45, 2.75) is 13.5 Å². The Kier molecular flexibility index (Phi) is 3.96. The molecular weight excluding hydrogens is 270 g/mol. The molecule has 0 aliphatic rings. The summed E-state index contributed by atoms with van der Waals surface area (Å²) in [5.41, 5.74) is 0.266. The number of methoxy groups -OCH3 is 1. The number of hydrogen-bond acceptors (Lipinski definition) is 7. The normalized spacial score (nSPS) is 10.2. The Morgan fingerprint density at radius 1 is 1.37 bits per heavy atom. The Balaban J connectivity index is 1.93. The highest BCUT2D eigenvalue weighted by Gasteiger charge is 2.14. The summed E-state index contributed by atoms with van der Waals surface area (Å²) in [6.07, 6.45) is 0. The van der Waals surface area contributed by atoms with E-state index in [1.165, 1.54) is 24.5 Å². The third-order valence-electron chi connectivity index (χ3n) is 2.22. The molecule has 0 aromatic carbocycles. The van der Waals surface area contributed by atoms with Crippen molar-refractivity contribution in [3.8, 4) is 0 Å². The van der Waals surface area contributed by atoms with Gasteiger partial charge in [0.1, 0.15) is 12.4 Å². The topological polar surface area (TPSA) is 78.6 Å². The van der Waals surface area contributed by atoms with E-state index in [2.05, 4.69) is 9.72 Å². The van der Waals surface area contributed by atoms with Crippen LogP contribution in [0.25, 0.3) is 0 Å². The van der Waals surface area contributed by atoms with Crippen molar-refractivity contribution in [3.05, 3.63) is 39.7 Å². The van der Waals surface area contributed by atoms with Gasteiger partial charge in [0.2, 0.25) is 5.76 Å². The van der Waals surface area contributed by atoms with Crippen LogP contribution in [0.15, 0.2) is 21.9 Å². The molecule has 0 radical (unpaired) electrons. The molecule has 0 bridgehead atoms. The molecule has 0 saturated carbocycles. The lowest BCUT2D eigenvalue weighted by molar-refractivity contribution is 0.0432. The van der Waals surface area contributed by atoms with Gasteiger partial charge in [-0.05, 0) is 19.1 Å². The predicted molar refractivity (Wildman–Crippen MR) is 66.0 cm³/mol. The van der Waals surface area contributed by atoms with Crippen LogP contribution in [0, 0.1) is 6.92 Å². The Morgan fingerprint density at radius 2 is 2.16 bits per heavy atom. The molecule has 0 unspecified atom stereocenters. The van der Waals surface area contributed by atoms with E-state index in [-0.39, 0.29) is 18.1 Å². The summed E-state index contributed by atoms with van der Waals surface area (Å²) in [5.74, 6) is -0.674. The maximum absolute atomic E-state index is 11.6. The summed E-state index contributed by atoms with van der Waals surface area (Å²) in [6.45, 7) is 1.74. The van der Waals surface area contributed by atoms with Gasteiger partial charge in [-0.25, -0.2) is 14.6 Å². The van der Waals surface area contributed by atoms with E-state index in [1.807, 2.05) is 0 Å². The van der Waals surface area contributed by atoms with Crippen LogP contribution in [0.3, 0.4) is 0 Å². The average Bonchev–Trinajstić information content (AvgIpc) is 3.04. The summed E-state index contributed by atoms with van der Waals surface area (Å²) in [7, 11) is 1.26. The molecule has 7 heteroatoms. The SMILES string of the molecule is COC(=O)c1ccc(COC(=O)c2csc(C)n2)o1. The Morgan fingerprint density at radius 3 is 2.79 bits per heavy atom. The van der Waals surface area contributed by atoms with E-state index in [1.54, 1.807) is 18.4 Å². The van der Waals surface area contributed by atoms with Gasteiger partial charge in [0.25, 0.3) is 0 Å². The third kappa shape index (κ3) is 3.19. The molecule has 2 aromatic rings. The number of nitrogens with zero attached hydrogens (tertiary/aromatic N) is 1. The second-order valence-electron chi connectivity index (χ2n) is 3.59. The minimum Gasteiger partial charge on any atom is -0.463 e. The molecule has 0 fully saturated rings. The number of carbonyl (C=O) groups is 2. The largest absolute Gasteiger partial charge is 0.463 e. The molecule has 0 N–H and O–H groups in total. The molecule has 0 spiro atoms. The van der Waals surface area contributed by atoms with E-state index < -0.39 is 11.9 Å². The number of aryl methyl sites for hydroxylation is 1. The third-order valence-corrected chi connectivity index (χ3v) is 3.00. The second-order valence-corrected chi connectivity index (χ2v) is 4.65. The van der Waals surface area contributed by atoms with Gasteiger partial charge in [0.05, 0.1) is 12.1 Å². The standard InChI is InChI=1S/C12H11NO5S/c1-7-13-9(6-19-7)11(14)17-5-8-3-4-10(18-8)12(15)16-2/h3-4,6H,5H2,1-2H3. The monoisotopic (exact) mass is 281 g/mol. The number of esters is 2. The van der Waals surface area contributed by atoms with Crippen LogP contribution in [0.4, 0.5) is 0 Å².